The number of fused-ring (bicyclic) bond motifs is 3. The molecule has 0 bridgehead atoms. The van der Waals surface area contributed by atoms with E-state index in [0.29, 0.717) is 28.9 Å². The molecule has 0 saturated carbocycles. The van der Waals surface area contributed by atoms with Crippen LogP contribution >= 0.6 is 0 Å². The molecule has 0 aliphatic carbocycles. The summed E-state index contributed by atoms with van der Waals surface area (Å²) < 4.78 is 35.9. The maximum absolute atomic E-state index is 11.5. The van der Waals surface area contributed by atoms with Crippen molar-refractivity contribution in [3.63, 3.8) is 0 Å². The monoisotopic (exact) mass is 808 g/mol. The van der Waals surface area contributed by atoms with Crippen molar-refractivity contribution in [3.8, 4) is 0 Å². The van der Waals surface area contributed by atoms with E-state index in [1.165, 1.54) is 23.5 Å². The summed E-state index contributed by atoms with van der Waals surface area (Å²) >= 11 is 0. The highest BCUT2D eigenvalue weighted by Crippen LogP contribution is 2.48. The number of hydrogen-bond donors (Lipinski definition) is 6. The van der Waals surface area contributed by atoms with Crippen LogP contribution in [-0.2, 0) is 22.4 Å². The van der Waals surface area contributed by atoms with Gasteiger partial charge in [-0.1, -0.05) is 70.2 Å². The van der Waals surface area contributed by atoms with Crippen LogP contribution in [-0.4, -0.2) is 126 Å². The third kappa shape index (κ3) is 7.64. The molecule has 0 amide bonds. The molecule has 7 heterocycles. The summed E-state index contributed by atoms with van der Waals surface area (Å²) in [5, 5.41) is 40.2. The number of ether oxygens (including phenoxy) is 2. The summed E-state index contributed by atoms with van der Waals surface area (Å²) in [7, 11) is -5.54. The number of nitrogens with zero attached hydrogens (tertiary/aromatic N) is 8. The van der Waals surface area contributed by atoms with Crippen LogP contribution in [0.3, 0.4) is 0 Å². The van der Waals surface area contributed by atoms with Crippen molar-refractivity contribution in [2.75, 3.05) is 24.7 Å². The smallest absolute Gasteiger partial charge is 0.335 e. The highest BCUT2D eigenvalue weighted by molar-refractivity contribution is 6.84. The third-order valence-electron chi connectivity index (χ3n) is 10.5. The molecule has 3 aliphatic heterocycles. The van der Waals surface area contributed by atoms with Crippen molar-refractivity contribution in [1.82, 2.24) is 39.0 Å². The summed E-state index contributed by atoms with van der Waals surface area (Å²) in [4.78, 5) is 24.6. The largest absolute Gasteiger partial charge is 0.414 e. The summed E-state index contributed by atoms with van der Waals surface area (Å²) in [6.07, 6.45) is -1.20. The Morgan fingerprint density at radius 2 is 1.16 bits per heavy atom. The first-order valence-electron chi connectivity index (χ1n) is 17.9. The molecule has 308 valence electrons. The van der Waals surface area contributed by atoms with E-state index >= 15 is 0 Å². The van der Waals surface area contributed by atoms with Gasteiger partial charge in [-0.05, 0) is 22.2 Å². The zero-order chi connectivity index (χ0) is 38.6. The van der Waals surface area contributed by atoms with Crippen LogP contribution in [0.5, 0.6) is 0 Å². The van der Waals surface area contributed by atoms with Gasteiger partial charge in [0.15, 0.2) is 35.4 Å². The maximum atomic E-state index is 11.5. The van der Waals surface area contributed by atoms with Gasteiger partial charge in [-0.15, -0.1) is 0 Å². The fourth-order valence-corrected chi connectivity index (χ4v) is 18.8. The molecule has 4 aromatic rings. The SMILES string of the molecule is C.C.CC(C)[Si]1(C(C)C)OC[C@@H]2O[C@H](n3cnc4c(N)ncnc43)[C@H](O)C2O[Si](C(C)C)(C(C)C)O1.Nc1ncnc2c1ncn2[C@H]1O[C@@H](CO)C(O)[C@H]1O. The lowest BCUT2D eigenvalue weighted by atomic mass is 10.1. The number of anilines is 2. The van der Waals surface area contributed by atoms with Crippen LogP contribution in [0.15, 0.2) is 25.3 Å². The van der Waals surface area contributed by atoms with Gasteiger partial charge in [0.25, 0.3) is 0 Å². The standard InChI is InChI=1S/C22H39N5O5Si2.C10H13N5O4.2CH4/c1-12(2)33(13(3)4)29-9-16-19(31-34(32-33,14(5)6)15(7)8)18(28)22(30-16)27-11-26-17-20(23)24-10-25-21(17)27;11-8-5-9(13-2-12-8)15(3-14-5)10-7(18)6(17)4(1-16)19-10;;/h10-16,18-19,22,28H,9H2,1-8H3,(H2,23,24,25);2-4,6-7,10,16-18H,1H2,(H2,11,12,13);2*1H4/t16-,18+,19?,22-;4-,6?,7+,10-;;/m00../s1. The number of aliphatic hydroxyl groups is 4. The van der Waals surface area contributed by atoms with Crippen LogP contribution in [0.2, 0.25) is 22.2 Å². The summed E-state index contributed by atoms with van der Waals surface area (Å²) in [5.41, 5.74) is 14.2. The Balaban J connectivity index is 0.000000272. The number of rotatable bonds is 7. The highest BCUT2D eigenvalue weighted by atomic mass is 28.5. The third-order valence-corrected chi connectivity index (χ3v) is 20.7. The number of imidazole rings is 2. The minimum Gasteiger partial charge on any atom is -0.414 e. The van der Waals surface area contributed by atoms with Gasteiger partial charge in [0, 0.05) is 0 Å². The van der Waals surface area contributed by atoms with Gasteiger partial charge in [-0.25, -0.2) is 29.9 Å². The molecule has 7 rings (SSSR count). The van der Waals surface area contributed by atoms with Gasteiger partial charge >= 0.3 is 17.1 Å². The normalized spacial score (nSPS) is 28.8. The van der Waals surface area contributed by atoms with Gasteiger partial charge in [-0.2, -0.15) is 0 Å². The lowest BCUT2D eigenvalue weighted by Gasteiger charge is -2.51. The minimum atomic E-state index is -2.86. The fourth-order valence-electron chi connectivity index (χ4n) is 7.59. The second-order valence-electron chi connectivity index (χ2n) is 15.0. The minimum absolute atomic E-state index is 0. The topological polar surface area (TPSA) is 266 Å². The molecule has 0 radical (unpaired) electrons. The molecule has 19 nitrogen and oxygen atoms in total. The number of hydrogen-bond acceptors (Lipinski definition) is 17. The Kier molecular flexibility index (Phi) is 13.8. The van der Waals surface area contributed by atoms with Crippen molar-refractivity contribution >= 4 is 51.1 Å². The van der Waals surface area contributed by atoms with Crippen LogP contribution in [0.1, 0.15) is 82.7 Å². The van der Waals surface area contributed by atoms with Gasteiger partial charge in [-0.3, -0.25) is 9.13 Å². The second kappa shape index (κ2) is 17.1. The Hall–Kier alpha value is -3.23. The molecular weight excluding hydrogens is 749 g/mol. The Morgan fingerprint density at radius 1 is 0.691 bits per heavy atom. The van der Waals surface area contributed by atoms with E-state index in [1.807, 2.05) is 0 Å². The summed E-state index contributed by atoms with van der Waals surface area (Å²) in [6.45, 7) is 17.3. The van der Waals surface area contributed by atoms with E-state index in [0.717, 1.165) is 0 Å². The Labute approximate surface area is 323 Å². The van der Waals surface area contributed by atoms with E-state index in [2.05, 4.69) is 85.3 Å². The van der Waals surface area contributed by atoms with Crippen molar-refractivity contribution in [2.45, 2.75) is 141 Å². The molecule has 4 aromatic heterocycles. The average molecular weight is 809 g/mol. The quantitative estimate of drug-likeness (QED) is 0.147. The number of nitrogen functional groups attached to an aromatic ring is 2. The van der Waals surface area contributed by atoms with E-state index in [1.54, 1.807) is 10.9 Å². The molecule has 21 heteroatoms. The Morgan fingerprint density at radius 3 is 1.60 bits per heavy atom. The second-order valence-corrected chi connectivity index (χ2v) is 23.9. The first-order valence-corrected chi connectivity index (χ1v) is 21.9. The van der Waals surface area contributed by atoms with E-state index in [-0.39, 0.29) is 48.7 Å². The van der Waals surface area contributed by atoms with Gasteiger partial charge in [0.1, 0.15) is 60.3 Å². The first-order chi connectivity index (χ1) is 25.1. The fraction of sp³-hybridized carbons (Fsp3) is 0.706. The van der Waals surface area contributed by atoms with E-state index < -0.39 is 72.8 Å². The zero-order valence-electron chi connectivity index (χ0n) is 31.2. The molecule has 55 heavy (non-hydrogen) atoms. The van der Waals surface area contributed by atoms with E-state index in [9.17, 15) is 15.3 Å². The summed E-state index contributed by atoms with van der Waals surface area (Å²) in [6, 6.07) is 0. The van der Waals surface area contributed by atoms with E-state index in [4.69, 9.17) is 39.0 Å². The van der Waals surface area contributed by atoms with Gasteiger partial charge < -0.3 is 54.3 Å². The number of aromatic nitrogens is 8. The van der Waals surface area contributed by atoms with Crippen molar-refractivity contribution in [3.05, 3.63) is 25.3 Å². The predicted octanol–water partition coefficient (Wildman–Crippen LogP) is 2.92. The zero-order valence-corrected chi connectivity index (χ0v) is 33.2. The molecule has 8 N–H and O–H groups in total. The van der Waals surface area contributed by atoms with Gasteiger partial charge in [0.2, 0.25) is 0 Å². The molecule has 8 atom stereocenters. The molecule has 3 aliphatic rings. The lowest BCUT2D eigenvalue weighted by Crippen LogP contribution is -2.65. The molecule has 3 fully saturated rings. The van der Waals surface area contributed by atoms with Crippen molar-refractivity contribution in [2.24, 2.45) is 0 Å². The maximum Gasteiger partial charge on any atom is 0.335 e. The van der Waals surface area contributed by atoms with Crippen molar-refractivity contribution in [1.29, 1.82) is 0 Å². The molecule has 0 spiro atoms. The molecule has 3 saturated heterocycles. The summed E-state index contributed by atoms with van der Waals surface area (Å²) in [5.74, 6) is 0.501. The first kappa shape index (κ1) is 44.5. The van der Waals surface area contributed by atoms with Gasteiger partial charge in [0.05, 0.1) is 25.9 Å². The van der Waals surface area contributed by atoms with Crippen LogP contribution < -0.4 is 11.5 Å². The van der Waals surface area contributed by atoms with Crippen LogP contribution in [0.25, 0.3) is 22.3 Å². The lowest BCUT2D eigenvalue weighted by molar-refractivity contribution is -0.0570. The molecule has 0 aromatic carbocycles. The molecular formula is C34H60N10O9Si2. The predicted molar refractivity (Wildman–Crippen MR) is 210 cm³/mol. The number of nitrogens with two attached hydrogens (primary N) is 2. The molecule has 2 unspecified atom stereocenters. The average Bonchev–Trinajstić information content (AvgIpc) is 3.86. The van der Waals surface area contributed by atoms with Crippen molar-refractivity contribution < 1.29 is 42.9 Å². The number of aliphatic hydroxyl groups excluding tert-OH is 4. The van der Waals surface area contributed by atoms with Crippen LogP contribution in [0, 0.1) is 0 Å². The van der Waals surface area contributed by atoms with Crippen LogP contribution in [0.4, 0.5) is 11.6 Å². The highest BCUT2D eigenvalue weighted by Gasteiger charge is 2.61. The Bertz CT molecular complexity index is 1870.